The summed E-state index contributed by atoms with van der Waals surface area (Å²) in [5.74, 6) is 0.911. The highest BCUT2D eigenvalue weighted by Crippen LogP contribution is 2.16. The van der Waals surface area contributed by atoms with Crippen molar-refractivity contribution in [2.45, 2.75) is 26.8 Å². The Bertz CT molecular complexity index is 625. The molecule has 22 heavy (non-hydrogen) atoms. The van der Waals surface area contributed by atoms with Crippen molar-refractivity contribution >= 4 is 23.0 Å². The number of rotatable bonds is 5. The first-order valence-electron chi connectivity index (χ1n) is 7.37. The highest BCUT2D eigenvalue weighted by atomic mass is 32.1. The van der Waals surface area contributed by atoms with Crippen LogP contribution in [-0.4, -0.2) is 17.8 Å². The normalized spacial score (nSPS) is 11.6. The number of anilines is 1. The van der Waals surface area contributed by atoms with Gasteiger partial charge in [-0.05, 0) is 56.8 Å². The molecule has 4 heteroatoms. The van der Waals surface area contributed by atoms with Crippen LogP contribution in [0.15, 0.2) is 48.5 Å². The lowest BCUT2D eigenvalue weighted by Gasteiger charge is -2.18. The van der Waals surface area contributed by atoms with Gasteiger partial charge in [-0.15, -0.1) is 0 Å². The van der Waals surface area contributed by atoms with E-state index in [0.717, 1.165) is 17.0 Å². The van der Waals surface area contributed by atoms with E-state index in [0.29, 0.717) is 11.7 Å². The Morgan fingerprint density at radius 2 is 1.77 bits per heavy atom. The number of nitrogens with one attached hydrogen (secondary N) is 2. The van der Waals surface area contributed by atoms with Crippen LogP contribution >= 0.6 is 12.2 Å². The second kappa shape index (κ2) is 7.80. The fraction of sp³-hybridized carbons (Fsp3) is 0.278. The van der Waals surface area contributed by atoms with E-state index in [9.17, 15) is 0 Å². The minimum absolute atomic E-state index is 0.116. The Morgan fingerprint density at radius 3 is 2.45 bits per heavy atom. The minimum atomic E-state index is 0.116. The van der Waals surface area contributed by atoms with Crippen molar-refractivity contribution < 1.29 is 4.74 Å². The summed E-state index contributed by atoms with van der Waals surface area (Å²) in [4.78, 5) is 0. The Hall–Kier alpha value is -2.07. The molecule has 2 aromatic rings. The second-order valence-corrected chi connectivity index (χ2v) is 5.85. The molecule has 0 aliphatic heterocycles. The molecule has 0 aliphatic carbocycles. The Balaban J connectivity index is 1.79. The number of hydrogen-bond acceptors (Lipinski definition) is 2. The van der Waals surface area contributed by atoms with E-state index in [2.05, 4.69) is 29.7 Å². The van der Waals surface area contributed by atoms with Gasteiger partial charge in [0.1, 0.15) is 12.4 Å². The molecule has 0 heterocycles. The van der Waals surface area contributed by atoms with Crippen LogP contribution in [0.4, 0.5) is 5.69 Å². The predicted molar refractivity (Wildman–Crippen MR) is 96.7 cm³/mol. The third kappa shape index (κ3) is 5.04. The molecule has 0 fully saturated rings. The van der Waals surface area contributed by atoms with Gasteiger partial charge in [0.25, 0.3) is 0 Å². The summed E-state index contributed by atoms with van der Waals surface area (Å²) in [7, 11) is 0. The predicted octanol–water partition coefficient (Wildman–Crippen LogP) is 4.06. The highest BCUT2D eigenvalue weighted by molar-refractivity contribution is 7.80. The number of hydrogen-bond donors (Lipinski definition) is 2. The minimum Gasteiger partial charge on any atom is -0.491 e. The molecule has 2 rings (SSSR count). The molecule has 1 atom stereocenters. The summed E-state index contributed by atoms with van der Waals surface area (Å²) in [5, 5.41) is 7.00. The Labute approximate surface area is 137 Å². The van der Waals surface area contributed by atoms with Gasteiger partial charge in [0, 0.05) is 5.69 Å². The summed E-state index contributed by atoms with van der Waals surface area (Å²) in [6.45, 7) is 6.70. The molecular formula is C18H22N2OS. The van der Waals surface area contributed by atoms with Gasteiger partial charge in [-0.1, -0.05) is 35.9 Å². The van der Waals surface area contributed by atoms with Crippen LogP contribution < -0.4 is 15.4 Å². The van der Waals surface area contributed by atoms with Crippen LogP contribution in [0.2, 0.25) is 0 Å². The Morgan fingerprint density at radius 1 is 1.09 bits per heavy atom. The maximum Gasteiger partial charge on any atom is 0.171 e. The summed E-state index contributed by atoms with van der Waals surface area (Å²) in [6.07, 6.45) is 0. The van der Waals surface area contributed by atoms with Crippen molar-refractivity contribution in [3.63, 3.8) is 0 Å². The van der Waals surface area contributed by atoms with Crippen molar-refractivity contribution in [1.29, 1.82) is 0 Å². The van der Waals surface area contributed by atoms with Gasteiger partial charge in [-0.3, -0.25) is 0 Å². The van der Waals surface area contributed by atoms with Crippen LogP contribution in [0.1, 0.15) is 18.1 Å². The van der Waals surface area contributed by atoms with Crippen molar-refractivity contribution in [2.24, 2.45) is 0 Å². The smallest absolute Gasteiger partial charge is 0.171 e. The highest BCUT2D eigenvalue weighted by Gasteiger charge is 2.06. The number of thiocarbonyl (C=S) groups is 1. The maximum absolute atomic E-state index is 5.82. The summed E-state index contributed by atoms with van der Waals surface area (Å²) in [5.41, 5.74) is 3.34. The van der Waals surface area contributed by atoms with Crippen LogP contribution in [0.25, 0.3) is 0 Å². The van der Waals surface area contributed by atoms with Gasteiger partial charge in [0.05, 0.1) is 6.04 Å². The number of ether oxygens (including phenoxy) is 1. The van der Waals surface area contributed by atoms with Crippen LogP contribution in [0.5, 0.6) is 5.75 Å². The lowest BCUT2D eigenvalue weighted by molar-refractivity contribution is 0.285. The summed E-state index contributed by atoms with van der Waals surface area (Å²) < 4.78 is 5.82. The third-order valence-corrected chi connectivity index (χ3v) is 3.49. The second-order valence-electron chi connectivity index (χ2n) is 5.44. The molecule has 0 saturated carbocycles. The Kier molecular flexibility index (Phi) is 5.78. The van der Waals surface area contributed by atoms with Crippen molar-refractivity contribution in [3.05, 3.63) is 59.7 Å². The lowest BCUT2D eigenvalue weighted by Crippen LogP contribution is -2.39. The van der Waals surface area contributed by atoms with Crippen LogP contribution in [0, 0.1) is 13.8 Å². The molecule has 0 spiro atoms. The van der Waals surface area contributed by atoms with E-state index in [1.54, 1.807) is 0 Å². The SMILES string of the molecule is Cc1ccc(NC(=S)N[C@@H](C)COc2ccccc2C)cc1. The lowest BCUT2D eigenvalue weighted by atomic mass is 10.2. The van der Waals surface area contributed by atoms with Gasteiger partial charge >= 0.3 is 0 Å². The largest absolute Gasteiger partial charge is 0.491 e. The first kappa shape index (κ1) is 16.3. The van der Waals surface area contributed by atoms with Gasteiger partial charge < -0.3 is 15.4 Å². The number of aryl methyl sites for hydroxylation is 2. The molecule has 3 nitrogen and oxygen atoms in total. The molecule has 0 aromatic heterocycles. The average molecular weight is 314 g/mol. The van der Waals surface area contributed by atoms with Crippen molar-refractivity contribution in [1.82, 2.24) is 5.32 Å². The van der Waals surface area contributed by atoms with Crippen molar-refractivity contribution in [3.8, 4) is 5.75 Å². The van der Waals surface area contributed by atoms with Crippen LogP contribution in [0.3, 0.4) is 0 Å². The summed E-state index contributed by atoms with van der Waals surface area (Å²) >= 11 is 5.32. The first-order valence-corrected chi connectivity index (χ1v) is 7.78. The molecule has 0 amide bonds. The van der Waals surface area contributed by atoms with Gasteiger partial charge in [0.15, 0.2) is 5.11 Å². The zero-order chi connectivity index (χ0) is 15.9. The van der Waals surface area contributed by atoms with Crippen molar-refractivity contribution in [2.75, 3.05) is 11.9 Å². The van der Waals surface area contributed by atoms with E-state index in [-0.39, 0.29) is 6.04 Å². The molecule has 0 radical (unpaired) electrons. The molecule has 0 aliphatic rings. The zero-order valence-electron chi connectivity index (χ0n) is 13.2. The first-order chi connectivity index (χ1) is 10.5. The molecule has 2 N–H and O–H groups in total. The third-order valence-electron chi connectivity index (χ3n) is 3.27. The average Bonchev–Trinajstić information content (AvgIpc) is 2.49. The van der Waals surface area contributed by atoms with E-state index in [4.69, 9.17) is 17.0 Å². The fourth-order valence-corrected chi connectivity index (χ4v) is 2.32. The molecule has 0 bridgehead atoms. The maximum atomic E-state index is 5.82. The van der Waals surface area contributed by atoms with Gasteiger partial charge in [-0.25, -0.2) is 0 Å². The molecule has 0 unspecified atom stereocenters. The van der Waals surface area contributed by atoms with E-state index in [1.807, 2.05) is 50.2 Å². The number of para-hydroxylation sites is 1. The molecular weight excluding hydrogens is 292 g/mol. The van der Waals surface area contributed by atoms with Gasteiger partial charge in [0.2, 0.25) is 0 Å². The summed E-state index contributed by atoms with van der Waals surface area (Å²) in [6, 6.07) is 16.2. The van der Waals surface area contributed by atoms with E-state index >= 15 is 0 Å². The van der Waals surface area contributed by atoms with E-state index < -0.39 is 0 Å². The quantitative estimate of drug-likeness (QED) is 0.816. The standard InChI is InChI=1S/C18H22N2OS/c1-13-8-10-16(11-9-13)20-18(22)19-15(3)12-21-17-7-5-4-6-14(17)2/h4-11,15H,12H2,1-3H3,(H2,19,20,22)/t15-/m0/s1. The number of benzene rings is 2. The molecule has 0 saturated heterocycles. The van der Waals surface area contributed by atoms with Crippen LogP contribution in [-0.2, 0) is 0 Å². The topological polar surface area (TPSA) is 33.3 Å². The molecule has 116 valence electrons. The van der Waals surface area contributed by atoms with E-state index in [1.165, 1.54) is 5.56 Å². The monoisotopic (exact) mass is 314 g/mol. The van der Waals surface area contributed by atoms with Gasteiger partial charge in [-0.2, -0.15) is 0 Å². The zero-order valence-corrected chi connectivity index (χ0v) is 14.0. The fourth-order valence-electron chi connectivity index (χ4n) is 2.00. The molecule has 2 aromatic carbocycles.